The van der Waals surface area contributed by atoms with Crippen molar-refractivity contribution in [2.75, 3.05) is 33.9 Å². The molecule has 7 heteroatoms. The maximum Gasteiger partial charge on any atom is 0.228 e. The summed E-state index contributed by atoms with van der Waals surface area (Å²) in [6.45, 7) is 6.86. The number of benzene rings is 3. The molecule has 1 aliphatic heterocycles. The zero-order valence-electron chi connectivity index (χ0n) is 28.1. The molecule has 1 saturated carbocycles. The van der Waals surface area contributed by atoms with Crippen molar-refractivity contribution in [3.63, 3.8) is 0 Å². The van der Waals surface area contributed by atoms with E-state index in [2.05, 4.69) is 105 Å². The summed E-state index contributed by atoms with van der Waals surface area (Å²) in [5.41, 5.74) is 7.48. The fourth-order valence-corrected chi connectivity index (χ4v) is 7.71. The largest absolute Gasteiger partial charge is 0.497 e. The summed E-state index contributed by atoms with van der Waals surface area (Å²) < 4.78 is 15.7. The Hall–Kier alpha value is -4.07. The number of nitrogens with one attached hydrogen (secondary N) is 1. The number of carbonyl (C=O) groups is 1. The van der Waals surface area contributed by atoms with Crippen molar-refractivity contribution in [3.05, 3.63) is 101 Å². The molecule has 1 aliphatic carbocycles. The molecule has 2 atom stereocenters. The Bertz CT molecular complexity index is 1830. The lowest BCUT2D eigenvalue weighted by Gasteiger charge is -2.35. The SMILES string of the molecule is CCc1cc(Cn2cc([C@H]3CCNC[C@@H]3C(=O)N(Cc3cn(CCCOC)c4ccccc34)C3CC3)c3ccccc32)cc(OC)c1. The van der Waals surface area contributed by atoms with Crippen molar-refractivity contribution >= 4 is 27.7 Å². The lowest BCUT2D eigenvalue weighted by molar-refractivity contribution is -0.138. The molecule has 2 aliphatic rings. The molecule has 7 rings (SSSR count). The van der Waals surface area contributed by atoms with Crippen LogP contribution in [-0.2, 0) is 35.6 Å². The van der Waals surface area contributed by atoms with Gasteiger partial charge in [0.2, 0.25) is 5.91 Å². The van der Waals surface area contributed by atoms with Crippen molar-refractivity contribution in [1.29, 1.82) is 0 Å². The maximum atomic E-state index is 14.7. The van der Waals surface area contributed by atoms with E-state index in [0.717, 1.165) is 64.1 Å². The van der Waals surface area contributed by atoms with Gasteiger partial charge in [-0.05, 0) is 85.2 Å². The second-order valence-electron chi connectivity index (χ2n) is 13.4. The van der Waals surface area contributed by atoms with E-state index in [-0.39, 0.29) is 17.7 Å². The number of nitrogens with zero attached hydrogens (tertiary/aromatic N) is 3. The van der Waals surface area contributed by atoms with Gasteiger partial charge in [-0.25, -0.2) is 0 Å². The van der Waals surface area contributed by atoms with E-state index < -0.39 is 0 Å². The van der Waals surface area contributed by atoms with E-state index in [1.165, 1.54) is 44.1 Å². The van der Waals surface area contributed by atoms with E-state index in [4.69, 9.17) is 9.47 Å². The number of fused-ring (bicyclic) bond motifs is 2. The van der Waals surface area contributed by atoms with Crippen LogP contribution in [0.1, 0.15) is 60.8 Å². The number of carbonyl (C=O) groups excluding carboxylic acids is 1. The van der Waals surface area contributed by atoms with Crippen LogP contribution in [0.3, 0.4) is 0 Å². The predicted molar refractivity (Wildman–Crippen MR) is 189 cm³/mol. The number of rotatable bonds is 13. The van der Waals surface area contributed by atoms with Gasteiger partial charge in [0.1, 0.15) is 5.75 Å². The molecule has 1 amide bonds. The van der Waals surface area contributed by atoms with E-state index in [1.807, 2.05) is 0 Å². The lowest BCUT2D eigenvalue weighted by atomic mass is 9.80. The Labute approximate surface area is 278 Å². The van der Waals surface area contributed by atoms with E-state index in [0.29, 0.717) is 19.1 Å². The van der Waals surface area contributed by atoms with Crippen LogP contribution in [0, 0.1) is 5.92 Å². The summed E-state index contributed by atoms with van der Waals surface area (Å²) in [6.07, 6.45) is 9.65. The fourth-order valence-electron chi connectivity index (χ4n) is 7.71. The summed E-state index contributed by atoms with van der Waals surface area (Å²) in [6, 6.07) is 24.2. The van der Waals surface area contributed by atoms with Gasteiger partial charge in [0.05, 0.1) is 13.0 Å². The van der Waals surface area contributed by atoms with Crippen molar-refractivity contribution in [2.24, 2.45) is 5.92 Å². The summed E-state index contributed by atoms with van der Waals surface area (Å²) in [7, 11) is 3.49. The summed E-state index contributed by atoms with van der Waals surface area (Å²) in [4.78, 5) is 17.0. The maximum absolute atomic E-state index is 14.7. The fraction of sp³-hybridized carbons (Fsp3) is 0.425. The van der Waals surface area contributed by atoms with Gasteiger partial charge in [-0.3, -0.25) is 4.79 Å². The number of ether oxygens (including phenoxy) is 2. The molecule has 1 N–H and O–H groups in total. The smallest absolute Gasteiger partial charge is 0.228 e. The monoisotopic (exact) mass is 632 g/mol. The number of aromatic nitrogens is 2. The van der Waals surface area contributed by atoms with Gasteiger partial charge in [0.15, 0.2) is 0 Å². The lowest BCUT2D eigenvalue weighted by Crippen LogP contribution is -2.47. The minimum Gasteiger partial charge on any atom is -0.497 e. The number of piperidine rings is 1. The highest BCUT2D eigenvalue weighted by Gasteiger charge is 2.41. The predicted octanol–water partition coefficient (Wildman–Crippen LogP) is 7.14. The molecule has 0 spiro atoms. The van der Waals surface area contributed by atoms with Crippen LogP contribution in [0.25, 0.3) is 21.8 Å². The molecule has 3 aromatic carbocycles. The van der Waals surface area contributed by atoms with Crippen LogP contribution in [0.2, 0.25) is 0 Å². The quantitative estimate of drug-likeness (QED) is 0.140. The third kappa shape index (κ3) is 6.56. The molecule has 0 radical (unpaired) electrons. The average molecular weight is 633 g/mol. The van der Waals surface area contributed by atoms with Gasteiger partial charge in [-0.1, -0.05) is 49.4 Å². The highest BCUT2D eigenvalue weighted by Crippen LogP contribution is 2.40. The highest BCUT2D eigenvalue weighted by molar-refractivity contribution is 5.88. The number of hydrogen-bond donors (Lipinski definition) is 1. The topological polar surface area (TPSA) is 60.7 Å². The van der Waals surface area contributed by atoms with Crippen LogP contribution in [0.15, 0.2) is 79.1 Å². The third-order valence-corrected chi connectivity index (χ3v) is 10.3. The number of para-hydroxylation sites is 2. The van der Waals surface area contributed by atoms with Crippen LogP contribution in [0.4, 0.5) is 0 Å². The Kier molecular flexibility index (Phi) is 9.37. The number of hydrogen-bond acceptors (Lipinski definition) is 4. The normalized spacial score (nSPS) is 18.2. The van der Waals surface area contributed by atoms with Crippen LogP contribution >= 0.6 is 0 Å². The molecule has 3 heterocycles. The third-order valence-electron chi connectivity index (χ3n) is 10.3. The molecule has 0 bridgehead atoms. The van der Waals surface area contributed by atoms with Gasteiger partial charge in [0, 0.05) is 86.1 Å². The van der Waals surface area contributed by atoms with Crippen molar-refractivity contribution in [3.8, 4) is 5.75 Å². The van der Waals surface area contributed by atoms with Crippen LogP contribution < -0.4 is 10.1 Å². The molecule has 5 aromatic rings. The average Bonchev–Trinajstić information content (AvgIpc) is 3.82. The molecular formula is C40H48N4O3. The first kappa shape index (κ1) is 31.5. The summed E-state index contributed by atoms with van der Waals surface area (Å²) in [5, 5.41) is 6.09. The van der Waals surface area contributed by atoms with E-state index in [1.54, 1.807) is 14.2 Å². The summed E-state index contributed by atoms with van der Waals surface area (Å²) >= 11 is 0. The van der Waals surface area contributed by atoms with Gasteiger partial charge in [-0.15, -0.1) is 0 Å². The van der Waals surface area contributed by atoms with Crippen LogP contribution in [-0.4, -0.2) is 59.9 Å². The first-order valence-corrected chi connectivity index (χ1v) is 17.4. The van der Waals surface area contributed by atoms with Gasteiger partial charge < -0.3 is 28.8 Å². The zero-order valence-corrected chi connectivity index (χ0v) is 28.1. The first-order chi connectivity index (χ1) is 23.1. The minimum atomic E-state index is -0.109. The first-order valence-electron chi connectivity index (χ1n) is 17.4. The Morgan fingerprint density at radius 3 is 2.40 bits per heavy atom. The second-order valence-corrected chi connectivity index (χ2v) is 13.4. The number of amides is 1. The number of aryl methyl sites for hydroxylation is 2. The van der Waals surface area contributed by atoms with Crippen molar-refractivity contribution in [1.82, 2.24) is 19.4 Å². The Morgan fingerprint density at radius 2 is 1.66 bits per heavy atom. The summed E-state index contributed by atoms with van der Waals surface area (Å²) in [5.74, 6) is 1.24. The molecule has 47 heavy (non-hydrogen) atoms. The van der Waals surface area contributed by atoms with Gasteiger partial charge in [-0.2, -0.15) is 0 Å². The Balaban J connectivity index is 1.19. The van der Waals surface area contributed by atoms with Crippen molar-refractivity contribution in [2.45, 2.75) is 70.6 Å². The van der Waals surface area contributed by atoms with Gasteiger partial charge in [0.25, 0.3) is 0 Å². The highest BCUT2D eigenvalue weighted by atomic mass is 16.5. The van der Waals surface area contributed by atoms with Crippen LogP contribution in [0.5, 0.6) is 5.75 Å². The molecule has 1 saturated heterocycles. The molecule has 2 aromatic heterocycles. The molecule has 246 valence electrons. The Morgan fingerprint density at radius 1 is 0.915 bits per heavy atom. The molecular weight excluding hydrogens is 584 g/mol. The molecule has 0 unspecified atom stereocenters. The minimum absolute atomic E-state index is 0.109. The van der Waals surface area contributed by atoms with E-state index in [9.17, 15) is 4.79 Å². The van der Waals surface area contributed by atoms with Crippen molar-refractivity contribution < 1.29 is 14.3 Å². The zero-order chi connectivity index (χ0) is 32.3. The van der Waals surface area contributed by atoms with Gasteiger partial charge >= 0.3 is 0 Å². The molecule has 7 nitrogen and oxygen atoms in total. The number of methoxy groups -OCH3 is 2. The van der Waals surface area contributed by atoms with E-state index >= 15 is 0 Å². The molecule has 2 fully saturated rings. The second kappa shape index (κ2) is 14.0. The standard InChI is InChI=1S/C40H48N4O3/c1-4-28-20-29(22-32(21-28)47-3)24-43-27-37(35-11-6-8-13-39(35)43)34-16-17-41-23-36(34)40(45)44(31-14-15-31)26-30-25-42(18-9-19-46-2)38-12-7-5-10-33(30)38/h5-8,10-13,20-22,25,27,31,34,36,41H,4,9,14-19,23-24,26H2,1-3H3/t34-,36-/m0/s1.